The van der Waals surface area contributed by atoms with Crippen molar-refractivity contribution in [2.45, 2.75) is 32.2 Å². The minimum atomic E-state index is -0.931. The molecule has 0 radical (unpaired) electrons. The normalized spacial score (nSPS) is 19.4. The molecule has 2 heterocycles. The number of carbonyl (C=O) groups excluding carboxylic acids is 1. The molecule has 1 aromatic rings. The summed E-state index contributed by atoms with van der Waals surface area (Å²) in [6.45, 7) is 5.15. The summed E-state index contributed by atoms with van der Waals surface area (Å²) in [6, 6.07) is -0.419. The second-order valence-corrected chi connectivity index (χ2v) is 5.94. The van der Waals surface area contributed by atoms with Gasteiger partial charge in [0.1, 0.15) is 5.69 Å². The van der Waals surface area contributed by atoms with Gasteiger partial charge in [0.05, 0.1) is 30.7 Å². The lowest BCUT2D eigenvalue weighted by molar-refractivity contribution is -0.139. The fraction of sp³-hybridized carbons (Fsp3) is 0.615. The van der Waals surface area contributed by atoms with Crippen molar-refractivity contribution in [3.63, 3.8) is 0 Å². The Bertz CT molecular complexity index is 500. The molecule has 1 aromatic heterocycles. The van der Waals surface area contributed by atoms with E-state index in [1.807, 2.05) is 13.8 Å². The van der Waals surface area contributed by atoms with Crippen LogP contribution in [0.25, 0.3) is 0 Å². The van der Waals surface area contributed by atoms with Crippen molar-refractivity contribution in [2.24, 2.45) is 0 Å². The van der Waals surface area contributed by atoms with Crippen LogP contribution in [0.4, 0.5) is 0 Å². The van der Waals surface area contributed by atoms with E-state index in [0.29, 0.717) is 18.8 Å². The van der Waals surface area contributed by atoms with Crippen molar-refractivity contribution >= 4 is 23.2 Å². The van der Waals surface area contributed by atoms with Crippen LogP contribution >= 0.6 is 11.3 Å². The number of morpholine rings is 1. The highest BCUT2D eigenvalue weighted by Gasteiger charge is 2.31. The first kappa shape index (κ1) is 14.9. The monoisotopic (exact) mass is 298 g/mol. The third-order valence-corrected chi connectivity index (χ3v) is 4.28. The van der Waals surface area contributed by atoms with Gasteiger partial charge in [0.15, 0.2) is 0 Å². The molecule has 0 aromatic carbocycles. The van der Waals surface area contributed by atoms with E-state index in [9.17, 15) is 9.59 Å². The fourth-order valence-corrected chi connectivity index (χ4v) is 2.90. The van der Waals surface area contributed by atoms with Gasteiger partial charge >= 0.3 is 5.97 Å². The fourth-order valence-electron chi connectivity index (χ4n) is 2.09. The van der Waals surface area contributed by atoms with Crippen LogP contribution in [-0.4, -0.2) is 52.7 Å². The van der Waals surface area contributed by atoms with Crippen molar-refractivity contribution < 1.29 is 19.4 Å². The van der Waals surface area contributed by atoms with E-state index < -0.39 is 12.0 Å². The molecule has 0 aliphatic carbocycles. The molecule has 20 heavy (non-hydrogen) atoms. The number of ether oxygens (including phenoxy) is 1. The predicted octanol–water partition coefficient (Wildman–Crippen LogP) is 1.58. The van der Waals surface area contributed by atoms with Crippen LogP contribution < -0.4 is 0 Å². The number of aromatic nitrogens is 1. The number of nitrogens with zero attached hydrogens (tertiary/aromatic N) is 2. The molecule has 1 unspecified atom stereocenters. The summed E-state index contributed by atoms with van der Waals surface area (Å²) in [4.78, 5) is 29.2. The standard InChI is InChI=1S/C13H18N2O4S/c1-8(2)12-14-10(7-20-12)13(18)15-3-4-19-6-9(15)5-11(16)17/h7-9H,3-6H2,1-2H3,(H,16,17). The summed E-state index contributed by atoms with van der Waals surface area (Å²) in [5.74, 6) is -0.858. The maximum atomic E-state index is 12.4. The first-order valence-corrected chi connectivity index (χ1v) is 7.43. The van der Waals surface area contributed by atoms with Crippen molar-refractivity contribution in [3.05, 3.63) is 16.1 Å². The average molecular weight is 298 g/mol. The lowest BCUT2D eigenvalue weighted by atomic mass is 10.1. The number of rotatable bonds is 4. The minimum absolute atomic E-state index is 0.104. The summed E-state index contributed by atoms with van der Waals surface area (Å²) in [7, 11) is 0. The Morgan fingerprint density at radius 2 is 2.35 bits per heavy atom. The summed E-state index contributed by atoms with van der Waals surface area (Å²) >= 11 is 1.46. The highest BCUT2D eigenvalue weighted by Crippen LogP contribution is 2.21. The highest BCUT2D eigenvalue weighted by molar-refractivity contribution is 7.09. The summed E-state index contributed by atoms with van der Waals surface area (Å²) < 4.78 is 5.27. The number of aliphatic carboxylic acids is 1. The Kier molecular flexibility index (Phi) is 4.72. The average Bonchev–Trinajstić information content (AvgIpc) is 2.87. The molecule has 110 valence electrons. The molecule has 1 amide bonds. The van der Waals surface area contributed by atoms with Crippen molar-refractivity contribution in [2.75, 3.05) is 19.8 Å². The van der Waals surface area contributed by atoms with E-state index in [-0.39, 0.29) is 24.9 Å². The molecule has 1 aliphatic rings. The van der Waals surface area contributed by atoms with Crippen LogP contribution in [0.15, 0.2) is 5.38 Å². The topological polar surface area (TPSA) is 79.7 Å². The number of hydrogen-bond acceptors (Lipinski definition) is 5. The number of carboxylic acid groups (broad SMARTS) is 1. The van der Waals surface area contributed by atoms with Gasteiger partial charge in [-0.1, -0.05) is 13.8 Å². The third-order valence-electron chi connectivity index (χ3n) is 3.13. The minimum Gasteiger partial charge on any atom is -0.481 e. The van der Waals surface area contributed by atoms with Gasteiger partial charge in [-0.2, -0.15) is 0 Å². The predicted molar refractivity (Wildman–Crippen MR) is 74.1 cm³/mol. The zero-order chi connectivity index (χ0) is 14.7. The third kappa shape index (κ3) is 3.34. The van der Waals surface area contributed by atoms with Crippen LogP contribution in [0.1, 0.15) is 41.7 Å². The zero-order valence-corrected chi connectivity index (χ0v) is 12.4. The van der Waals surface area contributed by atoms with Crippen molar-refractivity contribution in [3.8, 4) is 0 Å². The molecule has 7 heteroatoms. The molecule has 1 saturated heterocycles. The van der Waals surface area contributed by atoms with Crippen LogP contribution in [0, 0.1) is 0 Å². The quantitative estimate of drug-likeness (QED) is 0.913. The van der Waals surface area contributed by atoms with Gasteiger partial charge in [-0.05, 0) is 0 Å². The Morgan fingerprint density at radius 1 is 1.60 bits per heavy atom. The number of thiazole rings is 1. The summed E-state index contributed by atoms with van der Waals surface area (Å²) in [6.07, 6.45) is -0.104. The van der Waals surface area contributed by atoms with Gasteiger partial charge in [-0.3, -0.25) is 9.59 Å². The smallest absolute Gasteiger partial charge is 0.305 e. The Hall–Kier alpha value is -1.47. The highest BCUT2D eigenvalue weighted by atomic mass is 32.1. The molecule has 6 nitrogen and oxygen atoms in total. The molecule has 0 spiro atoms. The number of amides is 1. The molecule has 1 fully saturated rings. The van der Waals surface area contributed by atoms with E-state index in [2.05, 4.69) is 4.98 Å². The van der Waals surface area contributed by atoms with E-state index in [4.69, 9.17) is 9.84 Å². The van der Waals surface area contributed by atoms with Crippen molar-refractivity contribution in [1.82, 2.24) is 9.88 Å². The number of carbonyl (C=O) groups is 2. The van der Waals surface area contributed by atoms with E-state index >= 15 is 0 Å². The van der Waals surface area contributed by atoms with Crippen LogP contribution in [0.3, 0.4) is 0 Å². The number of carboxylic acids is 1. The summed E-state index contributed by atoms with van der Waals surface area (Å²) in [5, 5.41) is 11.6. The Balaban J connectivity index is 2.13. The summed E-state index contributed by atoms with van der Waals surface area (Å²) in [5.41, 5.74) is 0.399. The zero-order valence-electron chi connectivity index (χ0n) is 11.5. The largest absolute Gasteiger partial charge is 0.481 e. The maximum absolute atomic E-state index is 12.4. The van der Waals surface area contributed by atoms with Crippen LogP contribution in [0.5, 0.6) is 0 Å². The molecule has 1 N–H and O–H groups in total. The molecule has 0 saturated carbocycles. The van der Waals surface area contributed by atoms with E-state index in [1.54, 1.807) is 10.3 Å². The molecule has 1 atom stereocenters. The van der Waals surface area contributed by atoms with Gasteiger partial charge in [-0.15, -0.1) is 11.3 Å². The first-order chi connectivity index (χ1) is 9.49. The van der Waals surface area contributed by atoms with Crippen LogP contribution in [0.2, 0.25) is 0 Å². The van der Waals surface area contributed by atoms with Gasteiger partial charge in [0, 0.05) is 17.8 Å². The van der Waals surface area contributed by atoms with Gasteiger partial charge < -0.3 is 14.7 Å². The molecule has 2 rings (SSSR count). The van der Waals surface area contributed by atoms with Crippen molar-refractivity contribution in [1.29, 1.82) is 0 Å². The number of hydrogen-bond donors (Lipinski definition) is 1. The second kappa shape index (κ2) is 6.32. The lowest BCUT2D eigenvalue weighted by Gasteiger charge is -2.34. The molecule has 1 aliphatic heterocycles. The van der Waals surface area contributed by atoms with E-state index in [1.165, 1.54) is 11.3 Å². The van der Waals surface area contributed by atoms with Gasteiger partial charge in [0.25, 0.3) is 5.91 Å². The van der Waals surface area contributed by atoms with Gasteiger partial charge in [0.2, 0.25) is 0 Å². The lowest BCUT2D eigenvalue weighted by Crippen LogP contribution is -2.49. The molecular formula is C13H18N2O4S. The SMILES string of the molecule is CC(C)c1nc(C(=O)N2CCOCC2CC(=O)O)cs1. The maximum Gasteiger partial charge on any atom is 0.305 e. The Labute approximate surface area is 121 Å². The molecular weight excluding hydrogens is 280 g/mol. The molecule has 0 bridgehead atoms. The first-order valence-electron chi connectivity index (χ1n) is 6.55. The van der Waals surface area contributed by atoms with Gasteiger partial charge in [-0.25, -0.2) is 4.98 Å². The second-order valence-electron chi connectivity index (χ2n) is 5.05. The van der Waals surface area contributed by atoms with E-state index in [0.717, 1.165) is 5.01 Å². The Morgan fingerprint density at radius 3 is 2.95 bits per heavy atom. The van der Waals surface area contributed by atoms with Crippen LogP contribution in [-0.2, 0) is 9.53 Å².